The number of para-hydroxylation sites is 2. The molecule has 120 valence electrons. The van der Waals surface area contributed by atoms with E-state index in [1.54, 1.807) is 38.2 Å². The Labute approximate surface area is 130 Å². The number of fused-ring (bicyclic) bond motifs is 1. The zero-order valence-electron chi connectivity index (χ0n) is 12.5. The van der Waals surface area contributed by atoms with Crippen molar-refractivity contribution in [3.63, 3.8) is 0 Å². The van der Waals surface area contributed by atoms with E-state index in [4.69, 9.17) is 4.74 Å². The summed E-state index contributed by atoms with van der Waals surface area (Å²) in [6, 6.07) is 6.54. The summed E-state index contributed by atoms with van der Waals surface area (Å²) in [7, 11) is 1.70. The standard InChI is InChI=1S/C15H14F2N4O2/c1-9-10(7-18-20(9)2)14(22)23-8-13-19-11-5-3-4-6-12(11)21(13)15(16)17/h3-7,15H,8H2,1-2H3. The lowest BCUT2D eigenvalue weighted by molar-refractivity contribution is 0.0386. The fourth-order valence-corrected chi connectivity index (χ4v) is 2.32. The Kier molecular flexibility index (Phi) is 3.81. The topological polar surface area (TPSA) is 61.9 Å². The Morgan fingerprint density at radius 1 is 1.35 bits per heavy atom. The molecule has 0 amide bonds. The number of alkyl halides is 2. The maximum absolute atomic E-state index is 13.3. The molecule has 2 heterocycles. The smallest absolute Gasteiger partial charge is 0.342 e. The summed E-state index contributed by atoms with van der Waals surface area (Å²) in [4.78, 5) is 16.2. The largest absolute Gasteiger partial charge is 0.454 e. The molecule has 0 aliphatic rings. The number of hydrogen-bond acceptors (Lipinski definition) is 4. The maximum atomic E-state index is 13.3. The van der Waals surface area contributed by atoms with E-state index in [-0.39, 0.29) is 12.4 Å². The van der Waals surface area contributed by atoms with Gasteiger partial charge in [0.25, 0.3) is 0 Å². The van der Waals surface area contributed by atoms with Gasteiger partial charge >= 0.3 is 12.5 Å². The Balaban J connectivity index is 1.86. The van der Waals surface area contributed by atoms with Gasteiger partial charge in [-0.15, -0.1) is 0 Å². The van der Waals surface area contributed by atoms with Crippen LogP contribution in [0.15, 0.2) is 30.5 Å². The third-order valence-corrected chi connectivity index (χ3v) is 3.65. The van der Waals surface area contributed by atoms with Crippen LogP contribution in [0.4, 0.5) is 8.78 Å². The van der Waals surface area contributed by atoms with Crippen molar-refractivity contribution in [3.8, 4) is 0 Å². The lowest BCUT2D eigenvalue weighted by Crippen LogP contribution is -2.11. The number of ether oxygens (including phenoxy) is 1. The van der Waals surface area contributed by atoms with E-state index in [9.17, 15) is 13.6 Å². The average molecular weight is 320 g/mol. The number of esters is 1. The van der Waals surface area contributed by atoms with Crippen LogP contribution in [0.3, 0.4) is 0 Å². The minimum Gasteiger partial charge on any atom is -0.454 e. The van der Waals surface area contributed by atoms with E-state index >= 15 is 0 Å². The molecular weight excluding hydrogens is 306 g/mol. The van der Waals surface area contributed by atoms with E-state index in [0.29, 0.717) is 22.3 Å². The van der Waals surface area contributed by atoms with Gasteiger partial charge in [-0.05, 0) is 19.1 Å². The SMILES string of the molecule is Cc1c(C(=O)OCc2nc3ccccc3n2C(F)F)cnn1C. The Morgan fingerprint density at radius 3 is 2.74 bits per heavy atom. The normalized spacial score (nSPS) is 11.3. The Bertz CT molecular complexity index is 870. The monoisotopic (exact) mass is 320 g/mol. The van der Waals surface area contributed by atoms with Crippen molar-refractivity contribution in [2.24, 2.45) is 7.05 Å². The summed E-state index contributed by atoms with van der Waals surface area (Å²) < 4.78 is 34.0. The highest BCUT2D eigenvalue weighted by Crippen LogP contribution is 2.23. The highest BCUT2D eigenvalue weighted by atomic mass is 19.3. The van der Waals surface area contributed by atoms with Crippen molar-refractivity contribution < 1.29 is 18.3 Å². The molecule has 23 heavy (non-hydrogen) atoms. The van der Waals surface area contributed by atoms with Crippen LogP contribution in [0, 0.1) is 6.92 Å². The highest BCUT2D eigenvalue weighted by Gasteiger charge is 2.20. The van der Waals surface area contributed by atoms with Crippen LogP contribution in [-0.2, 0) is 18.4 Å². The molecule has 0 radical (unpaired) electrons. The number of nitrogens with zero attached hydrogens (tertiary/aromatic N) is 4. The molecule has 1 aromatic carbocycles. The fourth-order valence-electron chi connectivity index (χ4n) is 2.32. The first-order valence-corrected chi connectivity index (χ1v) is 6.88. The van der Waals surface area contributed by atoms with Gasteiger partial charge in [-0.3, -0.25) is 9.25 Å². The van der Waals surface area contributed by atoms with Crippen LogP contribution < -0.4 is 0 Å². The van der Waals surface area contributed by atoms with Gasteiger partial charge in [-0.1, -0.05) is 12.1 Å². The molecule has 2 aromatic heterocycles. The molecule has 0 fully saturated rings. The molecule has 0 atom stereocenters. The van der Waals surface area contributed by atoms with Crippen molar-refractivity contribution in [3.05, 3.63) is 47.5 Å². The van der Waals surface area contributed by atoms with Crippen LogP contribution in [0.5, 0.6) is 0 Å². The molecule has 3 aromatic rings. The van der Waals surface area contributed by atoms with E-state index in [1.807, 2.05) is 0 Å². The molecule has 8 heteroatoms. The van der Waals surface area contributed by atoms with Gasteiger partial charge in [-0.2, -0.15) is 13.9 Å². The summed E-state index contributed by atoms with van der Waals surface area (Å²) in [5.74, 6) is -0.625. The number of benzene rings is 1. The zero-order valence-corrected chi connectivity index (χ0v) is 12.5. The third-order valence-electron chi connectivity index (χ3n) is 3.65. The highest BCUT2D eigenvalue weighted by molar-refractivity contribution is 5.90. The van der Waals surface area contributed by atoms with E-state index in [2.05, 4.69) is 10.1 Å². The van der Waals surface area contributed by atoms with Crippen LogP contribution in [0.25, 0.3) is 11.0 Å². The Morgan fingerprint density at radius 2 is 2.09 bits per heavy atom. The van der Waals surface area contributed by atoms with Crippen molar-refractivity contribution in [2.45, 2.75) is 20.1 Å². The van der Waals surface area contributed by atoms with Gasteiger partial charge in [0.1, 0.15) is 12.2 Å². The van der Waals surface area contributed by atoms with Gasteiger partial charge in [0.05, 0.1) is 17.2 Å². The van der Waals surface area contributed by atoms with Gasteiger partial charge in [0, 0.05) is 12.7 Å². The Hall–Kier alpha value is -2.77. The summed E-state index contributed by atoms with van der Waals surface area (Å²) in [5.41, 5.74) is 1.66. The number of carbonyl (C=O) groups excluding carboxylic acids is 1. The molecule has 3 rings (SSSR count). The minimum atomic E-state index is -2.77. The second-order valence-corrected chi connectivity index (χ2v) is 5.01. The molecule has 6 nitrogen and oxygen atoms in total. The first kappa shape index (κ1) is 15.1. The third kappa shape index (κ3) is 2.67. The maximum Gasteiger partial charge on any atom is 0.342 e. The molecule has 0 spiro atoms. The summed E-state index contributed by atoms with van der Waals surface area (Å²) in [6.07, 6.45) is 1.38. The average Bonchev–Trinajstić information content (AvgIpc) is 3.06. The molecule has 0 aliphatic heterocycles. The number of carbonyl (C=O) groups is 1. The summed E-state index contributed by atoms with van der Waals surface area (Å²) in [6.45, 7) is -1.39. The number of aryl methyl sites for hydroxylation is 1. The van der Waals surface area contributed by atoms with Crippen LogP contribution in [0.2, 0.25) is 0 Å². The quantitative estimate of drug-likeness (QED) is 0.694. The number of hydrogen-bond donors (Lipinski definition) is 0. The summed E-state index contributed by atoms with van der Waals surface area (Å²) in [5, 5.41) is 3.95. The van der Waals surface area contributed by atoms with Crippen LogP contribution in [-0.4, -0.2) is 25.3 Å². The molecule has 0 aliphatic carbocycles. The van der Waals surface area contributed by atoms with Crippen LogP contribution >= 0.6 is 0 Å². The predicted molar refractivity (Wildman–Crippen MR) is 78.1 cm³/mol. The number of aromatic nitrogens is 4. The van der Waals surface area contributed by atoms with Crippen molar-refractivity contribution in [1.82, 2.24) is 19.3 Å². The summed E-state index contributed by atoms with van der Waals surface area (Å²) >= 11 is 0. The molecular formula is C15H14F2N4O2. The van der Waals surface area contributed by atoms with E-state index in [1.165, 1.54) is 10.9 Å². The lowest BCUT2D eigenvalue weighted by atomic mass is 10.3. The van der Waals surface area contributed by atoms with Gasteiger partial charge < -0.3 is 4.74 Å². The number of halogens is 2. The molecule has 0 saturated carbocycles. The second kappa shape index (κ2) is 5.79. The van der Waals surface area contributed by atoms with E-state index in [0.717, 1.165) is 4.57 Å². The lowest BCUT2D eigenvalue weighted by Gasteiger charge is -2.08. The van der Waals surface area contributed by atoms with Gasteiger partial charge in [-0.25, -0.2) is 9.78 Å². The van der Waals surface area contributed by atoms with Crippen molar-refractivity contribution in [2.75, 3.05) is 0 Å². The van der Waals surface area contributed by atoms with Crippen molar-refractivity contribution in [1.29, 1.82) is 0 Å². The minimum absolute atomic E-state index is 0.00362. The molecule has 0 N–H and O–H groups in total. The molecule has 0 unspecified atom stereocenters. The van der Waals surface area contributed by atoms with E-state index < -0.39 is 12.5 Å². The van der Waals surface area contributed by atoms with Crippen LogP contribution in [0.1, 0.15) is 28.4 Å². The second-order valence-electron chi connectivity index (χ2n) is 5.01. The van der Waals surface area contributed by atoms with Crippen molar-refractivity contribution >= 4 is 17.0 Å². The zero-order chi connectivity index (χ0) is 16.6. The molecule has 0 saturated heterocycles. The fraction of sp³-hybridized carbons (Fsp3) is 0.267. The number of imidazole rings is 1. The predicted octanol–water partition coefficient (Wildman–Crippen LogP) is 2.83. The first-order chi connectivity index (χ1) is 11.0. The molecule has 0 bridgehead atoms. The number of rotatable bonds is 4. The van der Waals surface area contributed by atoms with Gasteiger partial charge in [0.2, 0.25) is 0 Å². The first-order valence-electron chi connectivity index (χ1n) is 6.88. The van der Waals surface area contributed by atoms with Gasteiger partial charge in [0.15, 0.2) is 5.82 Å².